The van der Waals surface area contributed by atoms with Gasteiger partial charge in [0.25, 0.3) is 0 Å². The number of carbonyl (C=O) groups excluding carboxylic acids is 1. The third kappa shape index (κ3) is 1.42. The van der Waals surface area contributed by atoms with E-state index < -0.39 is 0 Å². The zero-order valence-corrected chi connectivity index (χ0v) is 9.19. The summed E-state index contributed by atoms with van der Waals surface area (Å²) in [6, 6.07) is 6.15. The lowest BCUT2D eigenvalue weighted by atomic mass is 10.0. The quantitative estimate of drug-likeness (QED) is 0.759. The van der Waals surface area contributed by atoms with Crippen LogP contribution in [0.5, 0.6) is 0 Å². The predicted octanol–water partition coefficient (Wildman–Crippen LogP) is 0.824. The van der Waals surface area contributed by atoms with Crippen molar-refractivity contribution in [2.75, 3.05) is 25.2 Å². The van der Waals surface area contributed by atoms with Crippen LogP contribution in [0, 0.1) is 0 Å². The van der Waals surface area contributed by atoms with Crippen molar-refractivity contribution in [3.05, 3.63) is 29.3 Å². The van der Waals surface area contributed by atoms with Crippen molar-refractivity contribution in [3.63, 3.8) is 0 Å². The standard InChI is InChI=1S/C12H14N2O2/c1-14-10-3-2-8(11-6-13-7-16-11)4-9(10)5-12(14)15/h2-4,11,13H,5-7H2,1H3. The van der Waals surface area contributed by atoms with Crippen LogP contribution in [-0.2, 0) is 16.0 Å². The van der Waals surface area contributed by atoms with E-state index >= 15 is 0 Å². The third-order valence-corrected chi connectivity index (χ3v) is 3.27. The third-order valence-electron chi connectivity index (χ3n) is 3.27. The Morgan fingerprint density at radius 2 is 2.38 bits per heavy atom. The van der Waals surface area contributed by atoms with E-state index in [4.69, 9.17) is 4.74 Å². The van der Waals surface area contributed by atoms with Gasteiger partial charge in [0.05, 0.1) is 19.3 Å². The largest absolute Gasteiger partial charge is 0.357 e. The summed E-state index contributed by atoms with van der Waals surface area (Å²) in [5.74, 6) is 0.164. The summed E-state index contributed by atoms with van der Waals surface area (Å²) in [4.78, 5) is 13.3. The minimum absolute atomic E-state index is 0.131. The number of nitrogens with zero attached hydrogens (tertiary/aromatic N) is 1. The summed E-state index contributed by atoms with van der Waals surface area (Å²) < 4.78 is 5.54. The number of nitrogens with one attached hydrogen (secondary N) is 1. The number of ether oxygens (including phenoxy) is 1. The molecule has 1 unspecified atom stereocenters. The van der Waals surface area contributed by atoms with Gasteiger partial charge in [-0.25, -0.2) is 0 Å². The fraction of sp³-hybridized carbons (Fsp3) is 0.417. The maximum absolute atomic E-state index is 11.5. The average molecular weight is 218 g/mol. The van der Waals surface area contributed by atoms with Gasteiger partial charge in [-0.3, -0.25) is 10.1 Å². The highest BCUT2D eigenvalue weighted by atomic mass is 16.5. The lowest BCUT2D eigenvalue weighted by Crippen LogP contribution is -2.20. The summed E-state index contributed by atoms with van der Waals surface area (Å²) in [6.07, 6.45) is 0.645. The van der Waals surface area contributed by atoms with E-state index in [1.807, 2.05) is 19.2 Å². The topological polar surface area (TPSA) is 41.6 Å². The fourth-order valence-electron chi connectivity index (χ4n) is 2.31. The van der Waals surface area contributed by atoms with Crippen molar-refractivity contribution in [2.24, 2.45) is 0 Å². The van der Waals surface area contributed by atoms with Gasteiger partial charge in [0.2, 0.25) is 5.91 Å². The second-order valence-corrected chi connectivity index (χ2v) is 4.27. The molecule has 1 saturated heterocycles. The van der Waals surface area contributed by atoms with Crippen LogP contribution in [0.3, 0.4) is 0 Å². The van der Waals surface area contributed by atoms with Crippen LogP contribution in [0.2, 0.25) is 0 Å². The Morgan fingerprint density at radius 1 is 1.50 bits per heavy atom. The Labute approximate surface area is 94.2 Å². The number of benzene rings is 1. The predicted molar refractivity (Wildman–Crippen MR) is 60.3 cm³/mol. The molecule has 0 spiro atoms. The van der Waals surface area contributed by atoms with Gasteiger partial charge in [-0.15, -0.1) is 0 Å². The average Bonchev–Trinajstić information content (AvgIpc) is 2.88. The van der Waals surface area contributed by atoms with Crippen LogP contribution in [0.1, 0.15) is 17.2 Å². The molecule has 4 heteroatoms. The minimum atomic E-state index is 0.131. The first-order valence-electron chi connectivity index (χ1n) is 5.47. The first kappa shape index (κ1) is 9.81. The molecule has 1 aromatic rings. The van der Waals surface area contributed by atoms with Crippen LogP contribution in [0.4, 0.5) is 5.69 Å². The lowest BCUT2D eigenvalue weighted by molar-refractivity contribution is -0.117. The number of rotatable bonds is 1. The summed E-state index contributed by atoms with van der Waals surface area (Å²) >= 11 is 0. The Hall–Kier alpha value is -1.39. The van der Waals surface area contributed by atoms with Crippen molar-refractivity contribution in [3.8, 4) is 0 Å². The Kier molecular flexibility index (Phi) is 2.19. The second kappa shape index (κ2) is 3.57. The molecule has 2 aliphatic heterocycles. The number of anilines is 1. The van der Waals surface area contributed by atoms with E-state index in [1.165, 1.54) is 0 Å². The van der Waals surface area contributed by atoms with Crippen LogP contribution in [0.15, 0.2) is 18.2 Å². The van der Waals surface area contributed by atoms with Gasteiger partial charge in [0.15, 0.2) is 0 Å². The highest BCUT2D eigenvalue weighted by Crippen LogP contribution is 2.31. The molecule has 1 atom stereocenters. The number of likely N-dealkylation sites (N-methyl/N-ethyl adjacent to an activating group) is 1. The van der Waals surface area contributed by atoms with Crippen LogP contribution >= 0.6 is 0 Å². The smallest absolute Gasteiger partial charge is 0.231 e. The van der Waals surface area contributed by atoms with Crippen molar-refractivity contribution < 1.29 is 9.53 Å². The molecular formula is C12H14N2O2. The molecule has 4 nitrogen and oxygen atoms in total. The molecule has 2 heterocycles. The van der Waals surface area contributed by atoms with Crippen LogP contribution < -0.4 is 10.2 Å². The first-order chi connectivity index (χ1) is 7.75. The monoisotopic (exact) mass is 218 g/mol. The van der Waals surface area contributed by atoms with Gasteiger partial charge in [0.1, 0.15) is 0 Å². The molecule has 0 radical (unpaired) electrons. The molecule has 84 valence electrons. The summed E-state index contributed by atoms with van der Waals surface area (Å²) in [6.45, 7) is 1.46. The van der Waals surface area contributed by atoms with Crippen LogP contribution in [0.25, 0.3) is 0 Å². The Morgan fingerprint density at radius 3 is 3.12 bits per heavy atom. The van der Waals surface area contributed by atoms with E-state index in [1.54, 1.807) is 4.90 Å². The van der Waals surface area contributed by atoms with Gasteiger partial charge in [-0.1, -0.05) is 12.1 Å². The molecule has 0 aliphatic carbocycles. The zero-order valence-electron chi connectivity index (χ0n) is 9.19. The van der Waals surface area contributed by atoms with E-state index in [0.717, 1.165) is 23.4 Å². The van der Waals surface area contributed by atoms with Gasteiger partial charge in [-0.2, -0.15) is 0 Å². The van der Waals surface area contributed by atoms with Crippen molar-refractivity contribution >= 4 is 11.6 Å². The van der Waals surface area contributed by atoms with Gasteiger partial charge >= 0.3 is 0 Å². The summed E-state index contributed by atoms with van der Waals surface area (Å²) in [5.41, 5.74) is 3.30. The molecule has 0 aromatic heterocycles. The summed E-state index contributed by atoms with van der Waals surface area (Å²) in [7, 11) is 1.82. The minimum Gasteiger partial charge on any atom is -0.357 e. The highest BCUT2D eigenvalue weighted by molar-refractivity contribution is 6.00. The second-order valence-electron chi connectivity index (χ2n) is 4.27. The lowest BCUT2D eigenvalue weighted by Gasteiger charge is -2.13. The highest BCUT2D eigenvalue weighted by Gasteiger charge is 2.26. The van der Waals surface area contributed by atoms with Gasteiger partial charge in [0, 0.05) is 19.3 Å². The fourth-order valence-corrected chi connectivity index (χ4v) is 2.31. The van der Waals surface area contributed by atoms with Crippen LogP contribution in [-0.4, -0.2) is 26.2 Å². The van der Waals surface area contributed by atoms with Crippen molar-refractivity contribution in [1.29, 1.82) is 0 Å². The Balaban J connectivity index is 1.94. The molecule has 0 bridgehead atoms. The summed E-state index contributed by atoms with van der Waals surface area (Å²) in [5, 5.41) is 3.16. The van der Waals surface area contributed by atoms with Crippen molar-refractivity contribution in [2.45, 2.75) is 12.5 Å². The molecule has 1 N–H and O–H groups in total. The van der Waals surface area contributed by atoms with Gasteiger partial charge < -0.3 is 9.64 Å². The van der Waals surface area contributed by atoms with E-state index in [2.05, 4.69) is 11.4 Å². The maximum Gasteiger partial charge on any atom is 0.231 e. The number of hydrogen-bond donors (Lipinski definition) is 1. The molecule has 1 aromatic carbocycles. The van der Waals surface area contributed by atoms with E-state index in [0.29, 0.717) is 13.2 Å². The number of carbonyl (C=O) groups is 1. The zero-order chi connectivity index (χ0) is 11.1. The normalized spacial score (nSPS) is 23.9. The number of hydrogen-bond acceptors (Lipinski definition) is 3. The molecule has 2 aliphatic rings. The van der Waals surface area contributed by atoms with E-state index in [-0.39, 0.29) is 12.0 Å². The SMILES string of the molecule is CN1C(=O)Cc2cc(C3CNCO3)ccc21. The molecule has 16 heavy (non-hydrogen) atoms. The molecule has 1 fully saturated rings. The van der Waals surface area contributed by atoms with Gasteiger partial charge in [-0.05, 0) is 17.2 Å². The molecular weight excluding hydrogens is 204 g/mol. The van der Waals surface area contributed by atoms with Crippen molar-refractivity contribution in [1.82, 2.24) is 5.32 Å². The number of amides is 1. The number of fused-ring (bicyclic) bond motifs is 1. The Bertz CT molecular complexity index is 439. The molecule has 1 amide bonds. The van der Waals surface area contributed by atoms with E-state index in [9.17, 15) is 4.79 Å². The molecule has 3 rings (SSSR count). The molecule has 0 saturated carbocycles. The maximum atomic E-state index is 11.5. The first-order valence-corrected chi connectivity index (χ1v) is 5.47.